The summed E-state index contributed by atoms with van der Waals surface area (Å²) in [5.41, 5.74) is 5.38. The first kappa shape index (κ1) is 5.97. The van der Waals surface area contributed by atoms with Crippen molar-refractivity contribution >= 4 is 11.6 Å². The van der Waals surface area contributed by atoms with Gasteiger partial charge in [0, 0.05) is 7.76 Å². The molecule has 0 aliphatic carbocycles. The Morgan fingerprint density at radius 3 is 2.67 bits per heavy atom. The fraction of sp³-hybridized carbons (Fsp3) is 0.333. The standard InChI is InChI=1S/C9H12ClNO/c10-8-3-1-7(2-4-8)9(12)5-6-11/h1-4,9,12H,5-6,11H2/i6D2,9D. The number of hydrogen-bond donors (Lipinski definition) is 2. The lowest BCUT2D eigenvalue weighted by molar-refractivity contribution is 0.170. The van der Waals surface area contributed by atoms with Crippen molar-refractivity contribution in [1.82, 2.24) is 0 Å². The van der Waals surface area contributed by atoms with Crippen molar-refractivity contribution in [2.75, 3.05) is 6.50 Å². The first-order valence-electron chi connectivity index (χ1n) is 4.98. The van der Waals surface area contributed by atoms with Crippen molar-refractivity contribution in [3.63, 3.8) is 0 Å². The molecule has 3 heteroatoms. The molecule has 3 N–H and O–H groups in total. The van der Waals surface area contributed by atoms with Gasteiger partial charge in [0.25, 0.3) is 0 Å². The molecule has 0 saturated heterocycles. The Morgan fingerprint density at radius 2 is 2.17 bits per heavy atom. The average molecular weight is 189 g/mol. The quantitative estimate of drug-likeness (QED) is 0.759. The van der Waals surface area contributed by atoms with Crippen LogP contribution in [0.2, 0.25) is 5.02 Å². The second-order valence-corrected chi connectivity index (χ2v) is 2.77. The monoisotopic (exact) mass is 188 g/mol. The maximum absolute atomic E-state index is 9.72. The predicted octanol–water partition coefficient (Wildman–Crippen LogP) is 1.72. The molecule has 1 atom stereocenters. The van der Waals surface area contributed by atoms with Crippen molar-refractivity contribution in [2.45, 2.75) is 12.5 Å². The zero-order valence-corrected chi connectivity index (χ0v) is 7.17. The van der Waals surface area contributed by atoms with E-state index in [4.69, 9.17) is 21.4 Å². The molecule has 0 bridgehead atoms. The molecule has 0 amide bonds. The lowest BCUT2D eigenvalue weighted by Gasteiger charge is -2.08. The predicted molar refractivity (Wildman–Crippen MR) is 50.1 cm³/mol. The van der Waals surface area contributed by atoms with Crippen LogP contribution in [0.15, 0.2) is 24.3 Å². The molecule has 0 spiro atoms. The van der Waals surface area contributed by atoms with E-state index in [9.17, 15) is 5.11 Å². The molecule has 2 nitrogen and oxygen atoms in total. The Morgan fingerprint density at radius 1 is 1.58 bits per heavy atom. The molecule has 1 rings (SSSR count). The topological polar surface area (TPSA) is 46.2 Å². The highest BCUT2D eigenvalue weighted by molar-refractivity contribution is 6.30. The van der Waals surface area contributed by atoms with Gasteiger partial charge < -0.3 is 10.8 Å². The van der Waals surface area contributed by atoms with Crippen LogP contribution in [0.1, 0.15) is 22.2 Å². The molecule has 1 unspecified atom stereocenters. The summed E-state index contributed by atoms with van der Waals surface area (Å²) in [4.78, 5) is 0. The van der Waals surface area contributed by atoms with E-state index in [1.54, 1.807) is 0 Å². The molecule has 0 aliphatic rings. The van der Waals surface area contributed by atoms with Gasteiger partial charge in [-0.25, -0.2) is 0 Å². The highest BCUT2D eigenvalue weighted by Gasteiger charge is 2.04. The first-order chi connectivity index (χ1) is 6.71. The largest absolute Gasteiger partial charge is 0.388 e. The lowest BCUT2D eigenvalue weighted by Crippen LogP contribution is -2.06. The normalized spacial score (nSPS) is 20.4. The molecular weight excluding hydrogens is 174 g/mol. The summed E-state index contributed by atoms with van der Waals surface area (Å²) in [6.45, 7) is -2.09. The van der Waals surface area contributed by atoms with E-state index in [2.05, 4.69) is 0 Å². The molecule has 1 aromatic rings. The summed E-state index contributed by atoms with van der Waals surface area (Å²) < 4.78 is 21.8. The number of hydrogen-bond acceptors (Lipinski definition) is 2. The van der Waals surface area contributed by atoms with Crippen LogP contribution < -0.4 is 5.73 Å². The lowest BCUT2D eigenvalue weighted by atomic mass is 10.1. The summed E-state index contributed by atoms with van der Waals surface area (Å²) in [5.74, 6) is 0. The van der Waals surface area contributed by atoms with Crippen LogP contribution in [0.3, 0.4) is 0 Å². The van der Waals surface area contributed by atoms with Crippen molar-refractivity contribution in [2.24, 2.45) is 5.73 Å². The van der Waals surface area contributed by atoms with E-state index in [0.29, 0.717) is 5.02 Å². The number of aliphatic hydroxyl groups is 1. The summed E-state index contributed by atoms with van der Waals surface area (Å²) in [6, 6.07) is 6.01. The SMILES string of the molecule is [2H]C([2H])(N)CC([2H])(O)c1ccc(Cl)cc1. The molecule has 0 saturated carbocycles. The van der Waals surface area contributed by atoms with Gasteiger partial charge in [-0.3, -0.25) is 0 Å². The van der Waals surface area contributed by atoms with E-state index >= 15 is 0 Å². The molecule has 12 heavy (non-hydrogen) atoms. The van der Waals surface area contributed by atoms with Crippen molar-refractivity contribution < 1.29 is 9.22 Å². The van der Waals surface area contributed by atoms with Gasteiger partial charge in [-0.05, 0) is 30.6 Å². The Labute approximate surface area is 81.2 Å². The third kappa shape index (κ3) is 2.48. The van der Waals surface area contributed by atoms with Gasteiger partial charge >= 0.3 is 0 Å². The van der Waals surface area contributed by atoms with Crippen LogP contribution in [0.5, 0.6) is 0 Å². The van der Waals surface area contributed by atoms with E-state index in [1.165, 1.54) is 24.3 Å². The van der Waals surface area contributed by atoms with Crippen LogP contribution in [-0.4, -0.2) is 11.6 Å². The van der Waals surface area contributed by atoms with Crippen LogP contribution in [0, 0.1) is 0 Å². The average Bonchev–Trinajstić information content (AvgIpc) is 2.00. The summed E-state index contributed by atoms with van der Waals surface area (Å²) in [5, 5.41) is 10.2. The fourth-order valence-corrected chi connectivity index (χ4v) is 0.967. The van der Waals surface area contributed by atoms with Gasteiger partial charge in [0.15, 0.2) is 0 Å². The zero-order valence-electron chi connectivity index (χ0n) is 9.42. The van der Waals surface area contributed by atoms with Crippen LogP contribution >= 0.6 is 11.6 Å². The van der Waals surface area contributed by atoms with E-state index in [-0.39, 0.29) is 5.56 Å². The zero-order chi connectivity index (χ0) is 11.7. The molecule has 0 radical (unpaired) electrons. The van der Waals surface area contributed by atoms with Gasteiger partial charge in [0.05, 0.1) is 7.45 Å². The molecule has 1 aromatic carbocycles. The third-order valence-corrected chi connectivity index (χ3v) is 1.70. The number of benzene rings is 1. The highest BCUT2D eigenvalue weighted by Crippen LogP contribution is 2.18. The third-order valence-electron chi connectivity index (χ3n) is 1.45. The summed E-state index contributed by atoms with van der Waals surface area (Å²) in [6.07, 6.45) is -2.54. The maximum atomic E-state index is 9.72. The Hall–Kier alpha value is -0.570. The van der Waals surface area contributed by atoms with Crippen molar-refractivity contribution in [3.05, 3.63) is 34.9 Å². The Balaban J connectivity index is 2.90. The Kier molecular flexibility index (Phi) is 2.22. The van der Waals surface area contributed by atoms with Gasteiger partial charge in [0.1, 0.15) is 0 Å². The highest BCUT2D eigenvalue weighted by atomic mass is 35.5. The molecule has 0 fully saturated rings. The molecule has 0 aliphatic heterocycles. The minimum Gasteiger partial charge on any atom is -0.388 e. The maximum Gasteiger partial charge on any atom is 0.0802 e. The number of nitrogens with two attached hydrogens (primary N) is 1. The van der Waals surface area contributed by atoms with E-state index < -0.39 is 19.0 Å². The number of halogens is 1. The first-order valence-corrected chi connectivity index (χ1v) is 3.86. The van der Waals surface area contributed by atoms with E-state index in [0.717, 1.165) is 0 Å². The summed E-state index contributed by atoms with van der Waals surface area (Å²) >= 11 is 5.65. The van der Waals surface area contributed by atoms with Crippen LogP contribution in [0.25, 0.3) is 0 Å². The van der Waals surface area contributed by atoms with Crippen LogP contribution in [-0.2, 0) is 0 Å². The van der Waals surface area contributed by atoms with Crippen molar-refractivity contribution in [1.29, 1.82) is 0 Å². The second kappa shape index (κ2) is 4.45. The van der Waals surface area contributed by atoms with Gasteiger partial charge in [-0.1, -0.05) is 23.7 Å². The van der Waals surface area contributed by atoms with Crippen LogP contribution in [0.4, 0.5) is 0 Å². The molecule has 66 valence electrons. The van der Waals surface area contributed by atoms with Gasteiger partial charge in [-0.15, -0.1) is 0 Å². The smallest absolute Gasteiger partial charge is 0.0802 e. The molecule has 0 aromatic heterocycles. The second-order valence-electron chi connectivity index (χ2n) is 2.33. The minimum atomic E-state index is -2.09. The van der Waals surface area contributed by atoms with Gasteiger partial charge in [0.2, 0.25) is 0 Å². The fourth-order valence-electron chi connectivity index (χ4n) is 0.841. The van der Waals surface area contributed by atoms with Gasteiger partial charge in [-0.2, -0.15) is 0 Å². The Bertz CT molecular complexity index is 334. The molecular formula is C9H12ClNO. The minimum absolute atomic E-state index is 0.265. The molecule has 0 heterocycles. The number of rotatable bonds is 3. The summed E-state index contributed by atoms with van der Waals surface area (Å²) in [7, 11) is 0. The van der Waals surface area contributed by atoms with Crippen molar-refractivity contribution in [3.8, 4) is 0 Å². The van der Waals surface area contributed by atoms with E-state index in [1.807, 2.05) is 0 Å².